The summed E-state index contributed by atoms with van der Waals surface area (Å²) in [5, 5.41) is 4.99. The molecule has 0 atom stereocenters. The van der Waals surface area contributed by atoms with E-state index in [1.807, 2.05) is 0 Å². The van der Waals surface area contributed by atoms with E-state index in [4.69, 9.17) is 9.47 Å². The number of rotatable bonds is 3. The van der Waals surface area contributed by atoms with Gasteiger partial charge in [-0.15, -0.1) is 0 Å². The highest BCUT2D eigenvalue weighted by Crippen LogP contribution is 2.22. The number of hydrogen-bond acceptors (Lipinski definition) is 4. The molecule has 2 amide bonds. The standard InChI is InChI=1S/C17H21FN2O4/c1-17(2,3)24-16(22)19-12-6-7-13(18)14(9-12)20-15(21)11-5-4-8-23-10-11/h6-7,9-10H,4-5,8H2,1-3H3,(H,19,22)(H,20,21). The van der Waals surface area contributed by atoms with Gasteiger partial charge in [0.05, 0.1) is 24.1 Å². The van der Waals surface area contributed by atoms with Crippen LogP contribution < -0.4 is 10.6 Å². The first-order valence-corrected chi connectivity index (χ1v) is 7.66. The van der Waals surface area contributed by atoms with Gasteiger partial charge in [-0.1, -0.05) is 0 Å². The van der Waals surface area contributed by atoms with Gasteiger partial charge < -0.3 is 14.8 Å². The van der Waals surface area contributed by atoms with Gasteiger partial charge in [-0.3, -0.25) is 10.1 Å². The minimum atomic E-state index is -0.658. The van der Waals surface area contributed by atoms with Crippen molar-refractivity contribution >= 4 is 23.4 Å². The van der Waals surface area contributed by atoms with Crippen LogP contribution in [0.5, 0.6) is 0 Å². The molecule has 6 nitrogen and oxygen atoms in total. The minimum absolute atomic E-state index is 0.0277. The van der Waals surface area contributed by atoms with E-state index in [-0.39, 0.29) is 5.69 Å². The van der Waals surface area contributed by atoms with Crippen molar-refractivity contribution in [3.05, 3.63) is 35.9 Å². The van der Waals surface area contributed by atoms with Crippen LogP contribution in [0.25, 0.3) is 0 Å². The van der Waals surface area contributed by atoms with Crippen molar-refractivity contribution in [1.82, 2.24) is 0 Å². The Morgan fingerprint density at radius 3 is 2.62 bits per heavy atom. The summed E-state index contributed by atoms with van der Waals surface area (Å²) in [6.07, 6.45) is 2.04. The molecule has 1 aromatic carbocycles. The summed E-state index contributed by atoms with van der Waals surface area (Å²) in [5.41, 5.74) is 0.0928. The van der Waals surface area contributed by atoms with Gasteiger partial charge in [-0.25, -0.2) is 9.18 Å². The fourth-order valence-corrected chi connectivity index (χ4v) is 2.05. The van der Waals surface area contributed by atoms with E-state index < -0.39 is 23.4 Å². The molecule has 1 aromatic rings. The number of anilines is 2. The topological polar surface area (TPSA) is 76.7 Å². The fraction of sp³-hybridized carbons (Fsp3) is 0.412. The maximum absolute atomic E-state index is 13.9. The second-order valence-corrected chi connectivity index (χ2v) is 6.39. The maximum atomic E-state index is 13.9. The molecule has 0 saturated carbocycles. The van der Waals surface area contributed by atoms with E-state index in [1.54, 1.807) is 20.8 Å². The van der Waals surface area contributed by atoms with Crippen LogP contribution in [0, 0.1) is 5.82 Å². The SMILES string of the molecule is CC(C)(C)OC(=O)Nc1ccc(F)c(NC(=O)C2=COCCC2)c1. The Morgan fingerprint density at radius 2 is 2.00 bits per heavy atom. The van der Waals surface area contributed by atoms with Crippen LogP contribution in [-0.2, 0) is 14.3 Å². The number of halogens is 1. The van der Waals surface area contributed by atoms with Gasteiger partial charge in [0.2, 0.25) is 0 Å². The molecule has 0 bridgehead atoms. The summed E-state index contributed by atoms with van der Waals surface area (Å²) in [5.74, 6) is -1.03. The highest BCUT2D eigenvalue weighted by Gasteiger charge is 2.18. The molecule has 2 rings (SSSR count). The van der Waals surface area contributed by atoms with Crippen LogP contribution >= 0.6 is 0 Å². The number of hydrogen-bond donors (Lipinski definition) is 2. The summed E-state index contributed by atoms with van der Waals surface area (Å²) in [6.45, 7) is 5.79. The zero-order valence-electron chi connectivity index (χ0n) is 13.9. The Bertz CT molecular complexity index is 665. The molecule has 0 fully saturated rings. The zero-order chi connectivity index (χ0) is 17.7. The molecule has 24 heavy (non-hydrogen) atoms. The maximum Gasteiger partial charge on any atom is 0.412 e. The molecular weight excluding hydrogens is 315 g/mol. The summed E-state index contributed by atoms with van der Waals surface area (Å²) in [6, 6.07) is 3.88. The van der Waals surface area contributed by atoms with E-state index in [0.29, 0.717) is 24.3 Å². The second-order valence-electron chi connectivity index (χ2n) is 6.39. The van der Waals surface area contributed by atoms with Crippen molar-refractivity contribution in [1.29, 1.82) is 0 Å². The molecule has 1 aliphatic heterocycles. The minimum Gasteiger partial charge on any atom is -0.501 e. The molecule has 0 unspecified atom stereocenters. The predicted octanol–water partition coefficient (Wildman–Crippen LogP) is 3.81. The van der Waals surface area contributed by atoms with Crippen molar-refractivity contribution in [2.24, 2.45) is 0 Å². The summed E-state index contributed by atoms with van der Waals surface area (Å²) < 4.78 is 24.1. The normalized spacial score (nSPS) is 14.2. The van der Waals surface area contributed by atoms with E-state index >= 15 is 0 Å². The van der Waals surface area contributed by atoms with Crippen LogP contribution in [0.4, 0.5) is 20.6 Å². The average molecular weight is 336 g/mol. The van der Waals surface area contributed by atoms with E-state index in [1.165, 1.54) is 18.4 Å². The molecule has 0 radical (unpaired) electrons. The summed E-state index contributed by atoms with van der Waals surface area (Å²) in [7, 11) is 0. The molecule has 130 valence electrons. The van der Waals surface area contributed by atoms with Crippen molar-refractivity contribution < 1.29 is 23.5 Å². The predicted molar refractivity (Wildman–Crippen MR) is 88.2 cm³/mol. The van der Waals surface area contributed by atoms with Crippen LogP contribution in [0.3, 0.4) is 0 Å². The van der Waals surface area contributed by atoms with Gasteiger partial charge in [0, 0.05) is 5.69 Å². The van der Waals surface area contributed by atoms with Crippen molar-refractivity contribution in [3.63, 3.8) is 0 Å². The van der Waals surface area contributed by atoms with E-state index in [2.05, 4.69) is 10.6 Å². The molecule has 2 N–H and O–H groups in total. The van der Waals surface area contributed by atoms with Crippen molar-refractivity contribution in [2.75, 3.05) is 17.2 Å². The van der Waals surface area contributed by atoms with Gasteiger partial charge in [0.1, 0.15) is 11.4 Å². The van der Waals surface area contributed by atoms with Gasteiger partial charge in [-0.2, -0.15) is 0 Å². The molecule has 0 aromatic heterocycles. The van der Waals surface area contributed by atoms with Gasteiger partial charge in [-0.05, 0) is 51.8 Å². The van der Waals surface area contributed by atoms with Crippen LogP contribution in [0.1, 0.15) is 33.6 Å². The Morgan fingerprint density at radius 1 is 1.25 bits per heavy atom. The monoisotopic (exact) mass is 336 g/mol. The Labute approximate surface area is 140 Å². The third kappa shape index (κ3) is 5.26. The molecule has 0 aliphatic carbocycles. The number of carbonyl (C=O) groups is 2. The number of carbonyl (C=O) groups excluding carboxylic acids is 2. The summed E-state index contributed by atoms with van der Waals surface area (Å²) >= 11 is 0. The summed E-state index contributed by atoms with van der Waals surface area (Å²) in [4.78, 5) is 23.9. The molecule has 0 saturated heterocycles. The third-order valence-electron chi connectivity index (χ3n) is 3.09. The Hall–Kier alpha value is -2.57. The zero-order valence-corrected chi connectivity index (χ0v) is 13.9. The second kappa shape index (κ2) is 7.33. The molecule has 1 heterocycles. The van der Waals surface area contributed by atoms with Crippen LogP contribution in [-0.4, -0.2) is 24.2 Å². The van der Waals surface area contributed by atoms with Gasteiger partial charge in [0.15, 0.2) is 0 Å². The smallest absolute Gasteiger partial charge is 0.412 e. The molecule has 0 spiro atoms. The number of ether oxygens (including phenoxy) is 2. The quantitative estimate of drug-likeness (QED) is 0.880. The number of nitrogens with one attached hydrogen (secondary N) is 2. The van der Waals surface area contributed by atoms with Crippen LogP contribution in [0.15, 0.2) is 30.0 Å². The third-order valence-corrected chi connectivity index (χ3v) is 3.09. The largest absolute Gasteiger partial charge is 0.501 e. The van der Waals surface area contributed by atoms with E-state index in [9.17, 15) is 14.0 Å². The first-order valence-electron chi connectivity index (χ1n) is 7.66. The van der Waals surface area contributed by atoms with E-state index in [0.717, 1.165) is 12.5 Å². The average Bonchev–Trinajstić information content (AvgIpc) is 2.49. The van der Waals surface area contributed by atoms with Gasteiger partial charge in [0.25, 0.3) is 5.91 Å². The van der Waals surface area contributed by atoms with Gasteiger partial charge >= 0.3 is 6.09 Å². The first-order chi connectivity index (χ1) is 11.2. The lowest BCUT2D eigenvalue weighted by molar-refractivity contribution is -0.113. The Kier molecular flexibility index (Phi) is 5.43. The molecule has 7 heteroatoms. The lowest BCUT2D eigenvalue weighted by Gasteiger charge is -2.20. The molecule has 1 aliphatic rings. The number of benzene rings is 1. The van der Waals surface area contributed by atoms with Crippen LogP contribution in [0.2, 0.25) is 0 Å². The lowest BCUT2D eigenvalue weighted by Crippen LogP contribution is -2.27. The molecular formula is C17H21FN2O4. The first kappa shape index (κ1) is 17.8. The highest BCUT2D eigenvalue weighted by molar-refractivity contribution is 6.04. The highest BCUT2D eigenvalue weighted by atomic mass is 19.1. The van der Waals surface area contributed by atoms with Crippen molar-refractivity contribution in [2.45, 2.75) is 39.2 Å². The lowest BCUT2D eigenvalue weighted by atomic mass is 10.1. The number of amides is 2. The Balaban J connectivity index is 2.06. The fourth-order valence-electron chi connectivity index (χ4n) is 2.05. The van der Waals surface area contributed by atoms with Crippen molar-refractivity contribution in [3.8, 4) is 0 Å².